The van der Waals surface area contributed by atoms with Gasteiger partial charge in [0.1, 0.15) is 0 Å². The van der Waals surface area contributed by atoms with Gasteiger partial charge in [0, 0.05) is 29.2 Å². The molecule has 3 heterocycles. The molecule has 0 fully saturated rings. The first-order valence-corrected chi connectivity index (χ1v) is 12.9. The molecule has 40 heavy (non-hydrogen) atoms. The summed E-state index contributed by atoms with van der Waals surface area (Å²) in [5.41, 5.74) is 4.15. The van der Waals surface area contributed by atoms with Gasteiger partial charge >= 0.3 is 12.9 Å². The Morgan fingerprint density at radius 2 is 1.30 bits per heavy atom. The molecule has 3 aromatic carbocycles. The van der Waals surface area contributed by atoms with Gasteiger partial charge in [0.05, 0.1) is 11.3 Å². The van der Waals surface area contributed by atoms with E-state index in [0.29, 0.717) is 22.5 Å². The predicted octanol–water partition coefficient (Wildman–Crippen LogP) is 6.01. The molecule has 0 saturated carbocycles. The summed E-state index contributed by atoms with van der Waals surface area (Å²) < 4.78 is 34.7. The van der Waals surface area contributed by atoms with Crippen LogP contribution in [0.1, 0.15) is 32.9 Å². The highest BCUT2D eigenvalue weighted by molar-refractivity contribution is 6.61. The van der Waals surface area contributed by atoms with Gasteiger partial charge in [0.2, 0.25) is 5.71 Å². The van der Waals surface area contributed by atoms with E-state index >= 15 is 8.63 Å². The Balaban J connectivity index is 1.49. The normalized spacial score (nSPS) is 15.1. The van der Waals surface area contributed by atoms with Crippen LogP contribution in [0.3, 0.4) is 0 Å². The number of carbonyl (C=O) groups is 2. The van der Waals surface area contributed by atoms with E-state index in [4.69, 9.17) is 0 Å². The van der Waals surface area contributed by atoms with Crippen LogP contribution in [0.25, 0.3) is 5.57 Å². The minimum atomic E-state index is -4.63. The van der Waals surface area contributed by atoms with Crippen LogP contribution in [-0.2, 0) is 4.79 Å². The van der Waals surface area contributed by atoms with Crippen molar-refractivity contribution in [1.29, 1.82) is 0 Å². The van der Waals surface area contributed by atoms with Crippen LogP contribution in [0.15, 0.2) is 109 Å². The van der Waals surface area contributed by atoms with Crippen LogP contribution in [0, 0.1) is 13.8 Å². The Kier molecular flexibility index (Phi) is 6.06. The van der Waals surface area contributed by atoms with E-state index in [9.17, 15) is 9.59 Å². The Labute approximate surface area is 230 Å². The van der Waals surface area contributed by atoms with Gasteiger partial charge in [-0.15, -0.1) is 0 Å². The van der Waals surface area contributed by atoms with Crippen LogP contribution in [-0.4, -0.2) is 33.5 Å². The van der Waals surface area contributed by atoms with Gasteiger partial charge in [-0.3, -0.25) is 9.59 Å². The number of aromatic nitrogens is 1. The highest BCUT2D eigenvalue weighted by Crippen LogP contribution is 2.40. The summed E-state index contributed by atoms with van der Waals surface area (Å²) in [6, 6.07) is 26.2. The number of fused-ring (bicyclic) bond motifs is 2. The van der Waals surface area contributed by atoms with Crippen LogP contribution in [0.5, 0.6) is 0 Å². The average Bonchev–Trinajstić information content (AvgIpc) is 3.59. The third-order valence-corrected chi connectivity index (χ3v) is 7.12. The fourth-order valence-corrected chi connectivity index (χ4v) is 5.15. The van der Waals surface area contributed by atoms with E-state index in [1.165, 1.54) is 24.3 Å². The third-order valence-electron chi connectivity index (χ3n) is 7.12. The number of benzene rings is 3. The summed E-state index contributed by atoms with van der Waals surface area (Å²) in [6.07, 6.45) is 2.93. The van der Waals surface area contributed by atoms with Crippen molar-refractivity contribution in [2.24, 2.45) is 0 Å². The molecule has 0 saturated heterocycles. The monoisotopic (exact) mass is 534 g/mol. The summed E-state index contributed by atoms with van der Waals surface area (Å²) in [4.78, 5) is 26.7. The third kappa shape index (κ3) is 4.25. The summed E-state index contributed by atoms with van der Waals surface area (Å²) in [5, 5.41) is 5.45. The molecule has 2 amide bonds. The van der Waals surface area contributed by atoms with Crippen molar-refractivity contribution in [2.45, 2.75) is 13.8 Å². The van der Waals surface area contributed by atoms with E-state index in [-0.39, 0.29) is 22.8 Å². The molecule has 0 unspecified atom stereocenters. The van der Waals surface area contributed by atoms with Crippen LogP contribution >= 0.6 is 0 Å². The predicted molar refractivity (Wildman–Crippen MR) is 154 cm³/mol. The van der Waals surface area contributed by atoms with E-state index in [1.807, 2.05) is 68.4 Å². The van der Waals surface area contributed by atoms with Gasteiger partial charge in [-0.1, -0.05) is 65.7 Å². The first-order valence-electron chi connectivity index (χ1n) is 12.9. The standard InChI is InChI=1S/C31H25BF2N4O2/c1-20-8-12-23(13-9-20)35-30(39)27-18-16-25-29(22-6-4-3-5-7-22)26-17-19-28(38(26)32(33,34)37(25)27)31(40)36-24-14-10-21(2)11-15-24/h3-19H,1-2H3,(H,35,39)(H,36,40). The maximum absolute atomic E-state index is 16.6. The minimum absolute atomic E-state index is 0.196. The van der Waals surface area contributed by atoms with Crippen molar-refractivity contribution in [2.75, 3.05) is 10.6 Å². The molecule has 6 rings (SSSR count). The van der Waals surface area contributed by atoms with Crippen molar-refractivity contribution < 1.29 is 22.7 Å². The molecule has 198 valence electrons. The number of allylic oxidation sites excluding steroid dienone is 1. The van der Waals surface area contributed by atoms with Crippen molar-refractivity contribution in [3.63, 3.8) is 0 Å². The molecule has 2 N–H and O–H groups in total. The second-order valence-corrected chi connectivity index (χ2v) is 9.92. The van der Waals surface area contributed by atoms with Gasteiger partial charge in [0.25, 0.3) is 5.91 Å². The van der Waals surface area contributed by atoms with Gasteiger partial charge < -0.3 is 28.2 Å². The second-order valence-electron chi connectivity index (χ2n) is 9.92. The van der Waals surface area contributed by atoms with Crippen molar-refractivity contribution >= 4 is 41.4 Å². The van der Waals surface area contributed by atoms with Crippen molar-refractivity contribution in [3.05, 3.63) is 137 Å². The number of amides is 2. The molecule has 0 spiro atoms. The maximum atomic E-state index is 16.6. The first-order chi connectivity index (χ1) is 19.2. The molecule has 0 atom stereocenters. The highest BCUT2D eigenvalue weighted by Gasteiger charge is 2.56. The summed E-state index contributed by atoms with van der Waals surface area (Å²) in [5.74, 6) is -1.35. The highest BCUT2D eigenvalue weighted by atomic mass is 19.2. The lowest BCUT2D eigenvalue weighted by molar-refractivity contribution is -0.360. The van der Waals surface area contributed by atoms with Gasteiger partial charge in [-0.05, 0) is 55.8 Å². The summed E-state index contributed by atoms with van der Waals surface area (Å²) >= 11 is 0. The first kappa shape index (κ1) is 25.2. The zero-order valence-corrected chi connectivity index (χ0v) is 21.9. The maximum Gasteiger partial charge on any atom is 0.738 e. The number of nitrogens with zero attached hydrogens (tertiary/aromatic N) is 2. The fraction of sp³-hybridized carbons (Fsp3) is 0.0645. The van der Waals surface area contributed by atoms with E-state index in [2.05, 4.69) is 10.6 Å². The summed E-state index contributed by atoms with van der Waals surface area (Å²) in [6.45, 7) is -0.794. The zero-order valence-electron chi connectivity index (χ0n) is 21.9. The molecule has 9 heteroatoms. The smallest absolute Gasteiger partial charge is 0.389 e. The van der Waals surface area contributed by atoms with Crippen molar-refractivity contribution in [3.8, 4) is 0 Å². The lowest BCUT2D eigenvalue weighted by Gasteiger charge is -2.33. The number of hydrogen-bond acceptors (Lipinski definition) is 2. The Morgan fingerprint density at radius 1 is 0.725 bits per heavy atom. The molecule has 0 bridgehead atoms. The topological polar surface area (TPSA) is 66.1 Å². The average molecular weight is 534 g/mol. The van der Waals surface area contributed by atoms with Gasteiger partial charge in [0.15, 0.2) is 5.70 Å². The quantitative estimate of drug-likeness (QED) is 0.308. The van der Waals surface area contributed by atoms with E-state index in [0.717, 1.165) is 20.1 Å². The van der Waals surface area contributed by atoms with Crippen molar-refractivity contribution in [1.82, 2.24) is 4.48 Å². The molecular weight excluding hydrogens is 509 g/mol. The lowest BCUT2D eigenvalue weighted by atomic mass is 9.85. The molecule has 2 aliphatic heterocycles. The number of rotatable bonds is 5. The number of hydrogen-bond donors (Lipinski definition) is 2. The number of carbonyl (C=O) groups excluding carboxylic acids is 2. The van der Waals surface area contributed by atoms with E-state index < -0.39 is 18.8 Å². The molecule has 6 nitrogen and oxygen atoms in total. The Morgan fingerprint density at radius 3 is 1.90 bits per heavy atom. The van der Waals surface area contributed by atoms with E-state index in [1.54, 1.807) is 24.3 Å². The SMILES string of the molecule is Cc1ccc(NC(=O)C2=[N+]3C(=C(c4ccccc4)c4ccc(C(=O)Nc5ccc(C)cc5)n4[B-]3(F)F)C=C2)cc1. The molecule has 0 aliphatic carbocycles. The number of halogens is 2. The fourth-order valence-electron chi connectivity index (χ4n) is 5.15. The summed E-state index contributed by atoms with van der Waals surface area (Å²) in [7, 11) is 0. The lowest BCUT2D eigenvalue weighted by Crippen LogP contribution is -2.53. The molecule has 4 aromatic rings. The van der Waals surface area contributed by atoms with Gasteiger partial charge in [-0.25, -0.2) is 0 Å². The van der Waals surface area contributed by atoms with Crippen LogP contribution < -0.4 is 10.6 Å². The Hall–Kier alpha value is -5.05. The largest absolute Gasteiger partial charge is 0.738 e. The number of aryl methyl sites for hydroxylation is 2. The second kappa shape index (κ2) is 9.61. The minimum Gasteiger partial charge on any atom is -0.389 e. The van der Waals surface area contributed by atoms with Gasteiger partial charge in [-0.2, -0.15) is 0 Å². The molecule has 0 radical (unpaired) electrons. The van der Waals surface area contributed by atoms with Crippen LogP contribution in [0.2, 0.25) is 0 Å². The van der Waals surface area contributed by atoms with Crippen LogP contribution in [0.4, 0.5) is 20.0 Å². The molecule has 1 aromatic heterocycles. The Bertz CT molecular complexity index is 1750. The number of anilines is 2. The zero-order chi connectivity index (χ0) is 28.0. The number of nitrogens with one attached hydrogen (secondary N) is 2. The molecule has 2 aliphatic rings. The molecular formula is C31H25BF2N4O2.